The molecule has 24 heavy (non-hydrogen) atoms. The number of rotatable bonds is 3. The van der Waals surface area contributed by atoms with Gasteiger partial charge in [-0.25, -0.2) is 0 Å². The van der Waals surface area contributed by atoms with Crippen LogP contribution in [-0.4, -0.2) is 6.66 Å². The third kappa shape index (κ3) is 3.07. The van der Waals surface area contributed by atoms with Gasteiger partial charge in [-0.15, -0.1) is 0 Å². The molecule has 0 fully saturated rings. The molecule has 0 unspecified atom stereocenters. The van der Waals surface area contributed by atoms with Crippen molar-refractivity contribution in [3.8, 4) is 0 Å². The molecular weight excluding hydrogens is 401 g/mol. The van der Waals surface area contributed by atoms with E-state index in [1.807, 2.05) is 72.8 Å². The topological polar surface area (TPSA) is 0 Å². The second kappa shape index (κ2) is 6.52. The first-order valence-corrected chi connectivity index (χ1v) is 12.0. The van der Waals surface area contributed by atoms with Crippen LogP contribution in [0.3, 0.4) is 0 Å². The molecule has 0 atom stereocenters. The molecule has 0 aliphatic carbocycles. The third-order valence-electron chi connectivity index (χ3n) is 4.27. The minimum atomic E-state index is -3.26. The van der Waals surface area contributed by atoms with Gasteiger partial charge in [-0.05, 0) is 0 Å². The second-order valence-electron chi connectivity index (χ2n) is 5.87. The summed E-state index contributed by atoms with van der Waals surface area (Å²) in [5, 5.41) is 4.85. The summed E-state index contributed by atoms with van der Waals surface area (Å²) in [5.74, 6) is -3.26. The average molecular weight is 416 g/mol. The van der Waals surface area contributed by atoms with E-state index in [1.54, 1.807) is 0 Å². The molecule has 0 radical (unpaired) electrons. The Labute approximate surface area is 162 Å². The van der Waals surface area contributed by atoms with Crippen molar-refractivity contribution >= 4 is 67.9 Å². The average Bonchev–Trinajstić information content (AvgIpc) is 2.55. The maximum atomic E-state index is 7.54. The molecule has 0 aliphatic heterocycles. The summed E-state index contributed by atoms with van der Waals surface area (Å²) in [5.41, 5.74) is 0. The first kappa shape index (κ1) is 18.1. The molecule has 0 saturated carbocycles. The van der Waals surface area contributed by atoms with E-state index in [2.05, 4.69) is 6.66 Å². The van der Waals surface area contributed by atoms with Gasteiger partial charge in [-0.1, -0.05) is 0 Å². The Hall–Kier alpha value is -0.750. The molecule has 0 bridgehead atoms. The van der Waals surface area contributed by atoms with E-state index >= 15 is 0 Å². The Morgan fingerprint density at radius 2 is 0.875 bits per heavy atom. The summed E-state index contributed by atoms with van der Waals surface area (Å²) in [6.07, 6.45) is 0. The van der Waals surface area contributed by atoms with Gasteiger partial charge in [0, 0.05) is 0 Å². The van der Waals surface area contributed by atoms with Gasteiger partial charge in [-0.3, -0.25) is 0 Å². The van der Waals surface area contributed by atoms with Gasteiger partial charge >= 0.3 is 162 Å². The zero-order valence-corrected chi connectivity index (χ0v) is 16.8. The van der Waals surface area contributed by atoms with Crippen LogP contribution < -0.4 is 15.9 Å². The van der Waals surface area contributed by atoms with Gasteiger partial charge in [0.15, 0.2) is 0 Å². The minimum absolute atomic E-state index is 0.646. The molecule has 0 saturated heterocycles. The van der Waals surface area contributed by atoms with E-state index in [0.717, 1.165) is 15.9 Å². The molecule has 0 heterocycles. The fraction of sp³-hybridized carbons (Fsp3) is 0.0526. The van der Waals surface area contributed by atoms with Gasteiger partial charge in [0.25, 0.3) is 0 Å². The zero-order chi connectivity index (χ0) is 17.4. The fourth-order valence-electron chi connectivity index (χ4n) is 2.87. The quantitative estimate of drug-likeness (QED) is 0.443. The second-order valence-corrected chi connectivity index (χ2v) is 14.1. The normalized spacial score (nSPS) is 13.3. The van der Waals surface area contributed by atoms with E-state index < -0.39 is 5.96 Å². The molecule has 0 nitrogen and oxygen atoms in total. The molecule has 0 amide bonds. The summed E-state index contributed by atoms with van der Waals surface area (Å²) in [7, 11) is 0. The maximum absolute atomic E-state index is 7.54. The Bertz CT molecular complexity index is 787. The van der Waals surface area contributed by atoms with Crippen LogP contribution in [0.1, 0.15) is 0 Å². The summed E-state index contributed by atoms with van der Waals surface area (Å²) >= 11 is 26.3. The fourth-order valence-corrected chi connectivity index (χ4v) is 8.17. The summed E-state index contributed by atoms with van der Waals surface area (Å²) in [6, 6.07) is 23.1. The monoisotopic (exact) mass is 414 g/mol. The molecule has 5 heteroatoms. The number of hydrogen-bond acceptors (Lipinski definition) is 0. The van der Waals surface area contributed by atoms with Gasteiger partial charge in [0.1, 0.15) is 0 Å². The van der Waals surface area contributed by atoms with E-state index in [4.69, 9.17) is 46.0 Å². The van der Waals surface area contributed by atoms with Gasteiger partial charge < -0.3 is 0 Å². The van der Waals surface area contributed by atoms with Crippen molar-refractivity contribution in [2.45, 2.75) is 0 Å². The SMILES string of the molecule is CP(Cl)(c1cccc(Cl)c1)(c1cccc(Cl)c1)c1cccc(Cl)c1. The predicted molar refractivity (Wildman–Crippen MR) is 112 cm³/mol. The Morgan fingerprint density at radius 3 is 1.12 bits per heavy atom. The van der Waals surface area contributed by atoms with Crippen LogP contribution in [0.2, 0.25) is 15.1 Å². The number of benzene rings is 3. The van der Waals surface area contributed by atoms with Crippen molar-refractivity contribution in [2.75, 3.05) is 6.66 Å². The van der Waals surface area contributed by atoms with Crippen molar-refractivity contribution in [3.63, 3.8) is 0 Å². The standard InChI is InChI=1S/C19H15Cl4P/c1-24(23,17-8-2-5-14(20)11-17,18-9-3-6-15(21)12-18)19-10-4-7-16(22)13-19/h2-13H,1H3. The van der Waals surface area contributed by atoms with Crippen molar-refractivity contribution in [1.29, 1.82) is 0 Å². The Morgan fingerprint density at radius 1 is 0.583 bits per heavy atom. The summed E-state index contributed by atoms with van der Waals surface area (Å²) in [4.78, 5) is 0. The molecule has 124 valence electrons. The van der Waals surface area contributed by atoms with Gasteiger partial charge in [0.2, 0.25) is 0 Å². The van der Waals surface area contributed by atoms with Crippen molar-refractivity contribution in [2.24, 2.45) is 0 Å². The van der Waals surface area contributed by atoms with E-state index in [-0.39, 0.29) is 0 Å². The molecular formula is C19H15Cl4P. The number of hydrogen-bond donors (Lipinski definition) is 0. The molecule has 3 aromatic rings. The molecule has 3 aromatic carbocycles. The van der Waals surface area contributed by atoms with Crippen molar-refractivity contribution < 1.29 is 0 Å². The molecule has 0 N–H and O–H groups in total. The van der Waals surface area contributed by atoms with Crippen LogP contribution in [0.4, 0.5) is 0 Å². The Kier molecular flexibility index (Phi) is 4.91. The van der Waals surface area contributed by atoms with E-state index in [0.29, 0.717) is 15.1 Å². The van der Waals surface area contributed by atoms with E-state index in [9.17, 15) is 0 Å². The van der Waals surface area contributed by atoms with Crippen LogP contribution >= 0.6 is 52.0 Å². The van der Waals surface area contributed by atoms with Gasteiger partial charge in [0.05, 0.1) is 0 Å². The molecule has 0 aromatic heterocycles. The van der Waals surface area contributed by atoms with Crippen LogP contribution in [0.15, 0.2) is 72.8 Å². The Balaban J connectivity index is 2.41. The van der Waals surface area contributed by atoms with Crippen LogP contribution in [-0.2, 0) is 0 Å². The van der Waals surface area contributed by atoms with Crippen molar-refractivity contribution in [3.05, 3.63) is 87.9 Å². The number of halogens is 4. The summed E-state index contributed by atoms with van der Waals surface area (Å²) in [6.45, 7) is 2.08. The van der Waals surface area contributed by atoms with Crippen LogP contribution in [0, 0.1) is 0 Å². The molecule has 3 rings (SSSR count). The first-order chi connectivity index (χ1) is 11.3. The summed E-state index contributed by atoms with van der Waals surface area (Å²) < 4.78 is 0. The van der Waals surface area contributed by atoms with Crippen LogP contribution in [0.25, 0.3) is 0 Å². The first-order valence-electron chi connectivity index (χ1n) is 7.32. The van der Waals surface area contributed by atoms with E-state index in [1.165, 1.54) is 0 Å². The molecule has 0 spiro atoms. The molecule has 0 aliphatic rings. The zero-order valence-electron chi connectivity index (χ0n) is 12.9. The van der Waals surface area contributed by atoms with Crippen LogP contribution in [0.5, 0.6) is 0 Å². The predicted octanol–water partition coefficient (Wildman–Crippen LogP) is 6.26. The van der Waals surface area contributed by atoms with Crippen molar-refractivity contribution in [1.82, 2.24) is 0 Å². The third-order valence-corrected chi connectivity index (χ3v) is 11.2. The van der Waals surface area contributed by atoms with Gasteiger partial charge in [-0.2, -0.15) is 0 Å².